The average molecular weight is 157 g/mol. The van der Waals surface area contributed by atoms with E-state index >= 15 is 0 Å². The topological polar surface area (TPSA) is 67.6 Å². The Morgan fingerprint density at radius 2 is 2.64 bits per heavy atom. The molecule has 1 heterocycles. The fourth-order valence-corrected chi connectivity index (χ4v) is 0.813. The Hall–Kier alpha value is -1.07. The lowest BCUT2D eigenvalue weighted by Gasteiger charge is -2.16. The van der Waals surface area contributed by atoms with E-state index in [0.717, 1.165) is 0 Å². The molecule has 5 nitrogen and oxygen atoms in total. The maximum absolute atomic E-state index is 11.0. The molecule has 0 saturated heterocycles. The lowest BCUT2D eigenvalue weighted by atomic mass is 10.3. The molecule has 62 valence electrons. The minimum atomic E-state index is -0.491. The van der Waals surface area contributed by atoms with E-state index in [0.29, 0.717) is 6.61 Å². The summed E-state index contributed by atoms with van der Waals surface area (Å²) in [5, 5.41) is 1.19. The van der Waals surface area contributed by atoms with Gasteiger partial charge in [0.1, 0.15) is 0 Å². The SMILES string of the molecule is CCOC(=O)C1C=CNN1N. The van der Waals surface area contributed by atoms with E-state index in [2.05, 4.69) is 5.43 Å². The Morgan fingerprint density at radius 1 is 1.91 bits per heavy atom. The maximum Gasteiger partial charge on any atom is 0.330 e. The van der Waals surface area contributed by atoms with Crippen molar-refractivity contribution in [1.82, 2.24) is 10.5 Å². The Bertz CT molecular complexity index is 181. The van der Waals surface area contributed by atoms with Crippen LogP contribution >= 0.6 is 0 Å². The predicted molar refractivity (Wildman–Crippen MR) is 38.7 cm³/mol. The van der Waals surface area contributed by atoms with Crippen molar-refractivity contribution in [2.45, 2.75) is 13.0 Å². The number of nitrogens with zero attached hydrogens (tertiary/aromatic N) is 1. The van der Waals surface area contributed by atoms with Crippen molar-refractivity contribution in [3.8, 4) is 0 Å². The first kappa shape index (κ1) is 8.03. The molecule has 1 rings (SSSR count). The van der Waals surface area contributed by atoms with Gasteiger partial charge >= 0.3 is 5.97 Å². The number of hydrazine groups is 2. The van der Waals surface area contributed by atoms with Crippen LogP contribution in [0.5, 0.6) is 0 Å². The number of ether oxygens (including phenoxy) is 1. The molecule has 5 heteroatoms. The van der Waals surface area contributed by atoms with Gasteiger partial charge in [0.05, 0.1) is 6.61 Å². The standard InChI is InChI=1S/C6H11N3O2/c1-2-11-6(10)5-3-4-8-9(5)7/h3-5,8H,2,7H2,1H3. The summed E-state index contributed by atoms with van der Waals surface area (Å²) in [6.07, 6.45) is 3.24. The molecule has 0 amide bonds. The Morgan fingerprint density at radius 3 is 3.09 bits per heavy atom. The van der Waals surface area contributed by atoms with Crippen LogP contribution in [-0.2, 0) is 9.53 Å². The molecule has 0 saturated carbocycles. The van der Waals surface area contributed by atoms with Crippen LogP contribution < -0.4 is 11.3 Å². The molecule has 1 atom stereocenters. The van der Waals surface area contributed by atoms with Gasteiger partial charge in [-0.3, -0.25) is 0 Å². The molecule has 3 N–H and O–H groups in total. The normalized spacial score (nSPS) is 23.3. The first-order chi connectivity index (χ1) is 5.25. The molecule has 1 aliphatic heterocycles. The molecular formula is C6H11N3O2. The zero-order valence-electron chi connectivity index (χ0n) is 6.28. The number of nitrogens with one attached hydrogen (secondary N) is 1. The highest BCUT2D eigenvalue weighted by atomic mass is 16.5. The van der Waals surface area contributed by atoms with Crippen LogP contribution in [0.25, 0.3) is 0 Å². The predicted octanol–water partition coefficient (Wildman–Crippen LogP) is -0.874. The molecule has 0 radical (unpaired) electrons. The van der Waals surface area contributed by atoms with Gasteiger partial charge in [-0.05, 0) is 13.0 Å². The van der Waals surface area contributed by atoms with E-state index in [1.807, 2.05) is 0 Å². The van der Waals surface area contributed by atoms with Crippen LogP contribution in [0.3, 0.4) is 0 Å². The van der Waals surface area contributed by atoms with E-state index in [9.17, 15) is 4.79 Å². The van der Waals surface area contributed by atoms with Crippen LogP contribution in [0.2, 0.25) is 0 Å². The summed E-state index contributed by atoms with van der Waals surface area (Å²) >= 11 is 0. The number of rotatable bonds is 2. The second kappa shape index (κ2) is 3.36. The quantitative estimate of drug-likeness (QED) is 0.402. The van der Waals surface area contributed by atoms with Crippen molar-refractivity contribution in [2.24, 2.45) is 5.84 Å². The van der Waals surface area contributed by atoms with Crippen molar-refractivity contribution >= 4 is 5.97 Å². The zero-order valence-corrected chi connectivity index (χ0v) is 6.28. The van der Waals surface area contributed by atoms with E-state index in [-0.39, 0.29) is 5.97 Å². The van der Waals surface area contributed by atoms with Gasteiger partial charge in [-0.25, -0.2) is 10.6 Å². The summed E-state index contributed by atoms with van der Waals surface area (Å²) in [7, 11) is 0. The lowest BCUT2D eigenvalue weighted by molar-refractivity contribution is -0.147. The number of carbonyl (C=O) groups excluding carboxylic acids is 1. The van der Waals surface area contributed by atoms with Crippen LogP contribution in [0.4, 0.5) is 0 Å². The first-order valence-corrected chi connectivity index (χ1v) is 3.39. The molecule has 0 aromatic carbocycles. The van der Waals surface area contributed by atoms with Crippen LogP contribution in [0.15, 0.2) is 12.3 Å². The molecule has 0 spiro atoms. The van der Waals surface area contributed by atoms with Crippen LogP contribution in [0, 0.1) is 0 Å². The molecule has 0 fully saturated rings. The smallest absolute Gasteiger partial charge is 0.330 e. The van der Waals surface area contributed by atoms with Crippen molar-refractivity contribution in [3.05, 3.63) is 12.3 Å². The Balaban J connectivity index is 2.46. The largest absolute Gasteiger partial charge is 0.464 e. The van der Waals surface area contributed by atoms with Gasteiger partial charge in [0.15, 0.2) is 6.04 Å². The third-order valence-corrected chi connectivity index (χ3v) is 1.33. The molecule has 1 unspecified atom stereocenters. The van der Waals surface area contributed by atoms with Gasteiger partial charge in [-0.2, -0.15) is 0 Å². The highest BCUT2D eigenvalue weighted by molar-refractivity contribution is 5.78. The fraction of sp³-hybridized carbons (Fsp3) is 0.500. The Labute approximate surface area is 64.7 Å². The summed E-state index contributed by atoms with van der Waals surface area (Å²) in [6.45, 7) is 2.13. The van der Waals surface area contributed by atoms with Gasteiger partial charge in [0.2, 0.25) is 0 Å². The zero-order chi connectivity index (χ0) is 8.27. The molecule has 0 aromatic heterocycles. The second-order valence-corrected chi connectivity index (χ2v) is 2.09. The summed E-state index contributed by atoms with van der Waals surface area (Å²) in [5.74, 6) is 5.03. The molecule has 0 bridgehead atoms. The minimum absolute atomic E-state index is 0.337. The van der Waals surface area contributed by atoms with Gasteiger partial charge in [0.25, 0.3) is 0 Å². The number of esters is 1. The lowest BCUT2D eigenvalue weighted by Crippen LogP contribution is -2.47. The number of carbonyl (C=O) groups is 1. The summed E-state index contributed by atoms with van der Waals surface area (Å²) in [5.41, 5.74) is 2.64. The van der Waals surface area contributed by atoms with Gasteiger partial charge in [0, 0.05) is 6.20 Å². The monoisotopic (exact) mass is 157 g/mol. The molecular weight excluding hydrogens is 146 g/mol. The third kappa shape index (κ3) is 1.69. The molecule has 0 aromatic rings. The van der Waals surface area contributed by atoms with E-state index in [1.165, 1.54) is 5.12 Å². The second-order valence-electron chi connectivity index (χ2n) is 2.09. The summed E-state index contributed by atoms with van der Waals surface area (Å²) in [6, 6.07) is -0.491. The highest BCUT2D eigenvalue weighted by Gasteiger charge is 2.25. The summed E-state index contributed by atoms with van der Waals surface area (Å²) < 4.78 is 4.74. The van der Waals surface area contributed by atoms with E-state index in [4.69, 9.17) is 10.6 Å². The molecule has 11 heavy (non-hydrogen) atoms. The van der Waals surface area contributed by atoms with Gasteiger partial charge < -0.3 is 10.2 Å². The minimum Gasteiger partial charge on any atom is -0.464 e. The van der Waals surface area contributed by atoms with Crippen LogP contribution in [0.1, 0.15) is 6.92 Å². The van der Waals surface area contributed by atoms with Gasteiger partial charge in [-0.1, -0.05) is 0 Å². The van der Waals surface area contributed by atoms with Crippen molar-refractivity contribution in [3.63, 3.8) is 0 Å². The van der Waals surface area contributed by atoms with E-state index in [1.54, 1.807) is 19.2 Å². The fourth-order valence-electron chi connectivity index (χ4n) is 0.813. The van der Waals surface area contributed by atoms with Crippen LogP contribution in [-0.4, -0.2) is 23.7 Å². The van der Waals surface area contributed by atoms with E-state index < -0.39 is 6.04 Å². The summed E-state index contributed by atoms with van der Waals surface area (Å²) in [4.78, 5) is 11.0. The van der Waals surface area contributed by atoms with Gasteiger partial charge in [-0.15, -0.1) is 5.12 Å². The molecule has 0 aliphatic carbocycles. The Kier molecular flexibility index (Phi) is 2.45. The number of hydrogen-bond acceptors (Lipinski definition) is 5. The average Bonchev–Trinajstić information content (AvgIpc) is 2.36. The first-order valence-electron chi connectivity index (χ1n) is 3.39. The molecule has 1 aliphatic rings. The van der Waals surface area contributed by atoms with Crippen molar-refractivity contribution in [1.29, 1.82) is 0 Å². The number of hydrogen-bond donors (Lipinski definition) is 2. The van der Waals surface area contributed by atoms with Crippen molar-refractivity contribution < 1.29 is 9.53 Å². The maximum atomic E-state index is 11.0. The third-order valence-electron chi connectivity index (χ3n) is 1.33. The highest BCUT2D eigenvalue weighted by Crippen LogP contribution is 2.01. The van der Waals surface area contributed by atoms with Crippen molar-refractivity contribution in [2.75, 3.05) is 6.61 Å². The number of nitrogens with two attached hydrogens (primary N) is 1.